The van der Waals surface area contributed by atoms with Crippen molar-refractivity contribution in [3.8, 4) is 5.75 Å². The normalized spacial score (nSPS) is 25.0. The topological polar surface area (TPSA) is 74.6 Å². The lowest BCUT2D eigenvalue weighted by Crippen LogP contribution is -2.47. The van der Waals surface area contributed by atoms with Gasteiger partial charge in [-0.25, -0.2) is 8.78 Å². The lowest BCUT2D eigenvalue weighted by molar-refractivity contribution is 0.0877. The third kappa shape index (κ3) is 2.93. The molecule has 1 aromatic heterocycles. The average molecular weight is 401 g/mol. The molecular weight excluding hydrogens is 380 g/mol. The predicted octanol–water partition coefficient (Wildman–Crippen LogP) is 2.13. The maximum Gasteiger partial charge on any atom is 0.257 e. The standard InChI is InChI=1S/C21H21F2N3O3/c22-13-3-1-12(16(23)6-13)7-24-21(29)15-8-25-9-17-11-2-4-14(5-11)26(17)10-18(25)20(28)19(15)27/h1,3,6,8,11,14,17,28H,2,4-5,7,9-10H2,(H,24,29)/t11-,14+,17+/m0/s1. The molecule has 0 unspecified atom stereocenters. The Labute approximate surface area is 165 Å². The maximum atomic E-state index is 13.8. The van der Waals surface area contributed by atoms with Crippen LogP contribution in [0.1, 0.15) is 40.9 Å². The molecule has 1 aromatic carbocycles. The van der Waals surface area contributed by atoms with Gasteiger partial charge in [0.25, 0.3) is 5.91 Å². The SMILES string of the molecule is O=C(NCc1ccc(F)cc1F)c1cn2c(c(O)c1=O)CN1[C@@H]3CC[C@@H](C3)[C@H]1C2. The third-order valence-corrected chi connectivity index (χ3v) is 6.66. The largest absolute Gasteiger partial charge is 0.503 e. The molecule has 152 valence electrons. The minimum absolute atomic E-state index is 0.111. The number of hydrogen-bond acceptors (Lipinski definition) is 4. The highest BCUT2D eigenvalue weighted by molar-refractivity contribution is 5.94. The molecule has 2 aromatic rings. The van der Waals surface area contributed by atoms with E-state index < -0.39 is 28.7 Å². The molecule has 2 N–H and O–H groups in total. The number of nitrogens with one attached hydrogen (secondary N) is 1. The average Bonchev–Trinajstić information content (AvgIpc) is 3.31. The molecule has 3 aliphatic rings. The summed E-state index contributed by atoms with van der Waals surface area (Å²) < 4.78 is 28.6. The van der Waals surface area contributed by atoms with Crippen LogP contribution < -0.4 is 10.7 Å². The van der Waals surface area contributed by atoms with Gasteiger partial charge < -0.3 is 15.0 Å². The predicted molar refractivity (Wildman–Crippen MR) is 100 cm³/mol. The second-order valence-electron chi connectivity index (χ2n) is 8.20. The van der Waals surface area contributed by atoms with Crippen molar-refractivity contribution in [2.45, 2.75) is 51.0 Å². The number of piperidine rings is 1. The van der Waals surface area contributed by atoms with E-state index in [0.29, 0.717) is 36.8 Å². The Morgan fingerprint density at radius 1 is 1.28 bits per heavy atom. The Balaban J connectivity index is 1.40. The molecule has 3 atom stereocenters. The monoisotopic (exact) mass is 401 g/mol. The number of amides is 1. The van der Waals surface area contributed by atoms with Gasteiger partial charge in [0, 0.05) is 49.5 Å². The highest BCUT2D eigenvalue weighted by Crippen LogP contribution is 2.45. The second-order valence-corrected chi connectivity index (χ2v) is 8.20. The number of hydrogen-bond donors (Lipinski definition) is 2. The van der Waals surface area contributed by atoms with Gasteiger partial charge in [-0.2, -0.15) is 0 Å². The van der Waals surface area contributed by atoms with Crippen LogP contribution >= 0.6 is 0 Å². The molecule has 1 saturated carbocycles. The van der Waals surface area contributed by atoms with Gasteiger partial charge in [-0.15, -0.1) is 0 Å². The number of nitrogens with zero attached hydrogens (tertiary/aromatic N) is 2. The zero-order valence-electron chi connectivity index (χ0n) is 15.7. The highest BCUT2D eigenvalue weighted by Gasteiger charge is 2.48. The molecule has 5 rings (SSSR count). The number of fused-ring (bicyclic) bond motifs is 6. The van der Waals surface area contributed by atoms with Gasteiger partial charge in [0.1, 0.15) is 17.2 Å². The smallest absolute Gasteiger partial charge is 0.257 e. The second kappa shape index (κ2) is 6.66. The first-order chi connectivity index (χ1) is 13.9. The number of halogens is 2. The van der Waals surface area contributed by atoms with Crippen molar-refractivity contribution in [2.75, 3.05) is 0 Å². The summed E-state index contributed by atoms with van der Waals surface area (Å²) in [6, 6.07) is 3.97. The van der Waals surface area contributed by atoms with E-state index in [9.17, 15) is 23.5 Å². The van der Waals surface area contributed by atoms with Crippen LogP contribution in [-0.2, 0) is 19.6 Å². The van der Waals surface area contributed by atoms with Gasteiger partial charge in [-0.05, 0) is 31.2 Å². The number of benzene rings is 1. The lowest BCUT2D eigenvalue weighted by atomic mass is 9.96. The molecule has 6 nitrogen and oxygen atoms in total. The van der Waals surface area contributed by atoms with Gasteiger partial charge in [0.05, 0.1) is 5.69 Å². The van der Waals surface area contributed by atoms with Crippen LogP contribution in [0.25, 0.3) is 0 Å². The summed E-state index contributed by atoms with van der Waals surface area (Å²) in [6.45, 7) is 0.958. The molecule has 0 radical (unpaired) electrons. The first kappa shape index (κ1) is 18.3. The summed E-state index contributed by atoms with van der Waals surface area (Å²) >= 11 is 0. The van der Waals surface area contributed by atoms with Crippen molar-refractivity contribution in [2.24, 2.45) is 5.92 Å². The third-order valence-electron chi connectivity index (χ3n) is 6.66. The van der Waals surface area contributed by atoms with E-state index in [1.165, 1.54) is 18.7 Å². The van der Waals surface area contributed by atoms with Crippen LogP contribution in [0.15, 0.2) is 29.2 Å². The molecule has 2 bridgehead atoms. The van der Waals surface area contributed by atoms with Crippen molar-refractivity contribution in [1.82, 2.24) is 14.8 Å². The van der Waals surface area contributed by atoms with Crippen molar-refractivity contribution < 1.29 is 18.7 Å². The Bertz CT molecular complexity index is 1070. The van der Waals surface area contributed by atoms with Crippen molar-refractivity contribution in [3.63, 3.8) is 0 Å². The Morgan fingerprint density at radius 3 is 2.90 bits per heavy atom. The van der Waals surface area contributed by atoms with E-state index in [4.69, 9.17) is 0 Å². The van der Waals surface area contributed by atoms with E-state index >= 15 is 0 Å². The number of rotatable bonds is 3. The number of pyridine rings is 1. The van der Waals surface area contributed by atoms with Gasteiger partial charge in [-0.1, -0.05) is 6.07 Å². The van der Waals surface area contributed by atoms with Crippen molar-refractivity contribution in [3.05, 3.63) is 63.1 Å². The molecule has 29 heavy (non-hydrogen) atoms. The molecule has 8 heteroatoms. The highest BCUT2D eigenvalue weighted by atomic mass is 19.1. The first-order valence-electron chi connectivity index (χ1n) is 9.85. The van der Waals surface area contributed by atoms with Crippen LogP contribution in [0.2, 0.25) is 0 Å². The van der Waals surface area contributed by atoms with E-state index in [1.54, 1.807) is 0 Å². The fourth-order valence-electron chi connectivity index (χ4n) is 5.17. The molecule has 0 spiro atoms. The Morgan fingerprint density at radius 2 is 2.10 bits per heavy atom. The van der Waals surface area contributed by atoms with E-state index in [1.807, 2.05) is 4.57 Å². The molecule has 3 heterocycles. The first-order valence-corrected chi connectivity index (χ1v) is 9.85. The van der Waals surface area contributed by atoms with Gasteiger partial charge in [-0.3, -0.25) is 14.5 Å². The molecule has 1 saturated heterocycles. The molecule has 1 aliphatic carbocycles. The quantitative estimate of drug-likeness (QED) is 0.827. The summed E-state index contributed by atoms with van der Waals surface area (Å²) in [7, 11) is 0. The zero-order chi connectivity index (χ0) is 20.3. The number of carbonyl (C=O) groups excluding carboxylic acids is 1. The minimum atomic E-state index is -0.772. The summed E-state index contributed by atoms with van der Waals surface area (Å²) in [5.74, 6) is -1.95. The summed E-state index contributed by atoms with van der Waals surface area (Å²) in [5, 5.41) is 13.0. The summed E-state index contributed by atoms with van der Waals surface area (Å²) in [4.78, 5) is 27.5. The van der Waals surface area contributed by atoms with Gasteiger partial charge >= 0.3 is 0 Å². The van der Waals surface area contributed by atoms with Gasteiger partial charge in [0.15, 0.2) is 5.75 Å². The van der Waals surface area contributed by atoms with Crippen LogP contribution in [0, 0.1) is 17.6 Å². The van der Waals surface area contributed by atoms with Gasteiger partial charge in [0.2, 0.25) is 5.43 Å². The molecule has 2 aliphatic heterocycles. The molecule has 2 fully saturated rings. The molecular formula is C21H21F2N3O3. The van der Waals surface area contributed by atoms with Crippen LogP contribution in [0.4, 0.5) is 8.78 Å². The summed E-state index contributed by atoms with van der Waals surface area (Å²) in [5.41, 5.74) is -0.249. The number of aromatic nitrogens is 1. The van der Waals surface area contributed by atoms with E-state index in [0.717, 1.165) is 25.0 Å². The van der Waals surface area contributed by atoms with E-state index in [2.05, 4.69) is 10.2 Å². The van der Waals surface area contributed by atoms with Crippen molar-refractivity contribution >= 4 is 5.91 Å². The van der Waals surface area contributed by atoms with E-state index in [-0.39, 0.29) is 17.7 Å². The number of aromatic hydroxyl groups is 1. The fraction of sp³-hybridized carbons (Fsp3) is 0.429. The summed E-state index contributed by atoms with van der Waals surface area (Å²) in [6.07, 6.45) is 5.01. The zero-order valence-corrected chi connectivity index (χ0v) is 15.7. The van der Waals surface area contributed by atoms with Crippen LogP contribution in [0.5, 0.6) is 5.75 Å². The maximum absolute atomic E-state index is 13.8. The van der Waals surface area contributed by atoms with Crippen LogP contribution in [-0.4, -0.2) is 32.6 Å². The van der Waals surface area contributed by atoms with Crippen LogP contribution in [0.3, 0.4) is 0 Å². The fourth-order valence-corrected chi connectivity index (χ4v) is 5.17. The Kier molecular flexibility index (Phi) is 4.20. The Hall–Kier alpha value is -2.74. The lowest BCUT2D eigenvalue weighted by Gasteiger charge is -2.40. The molecule has 1 amide bonds. The van der Waals surface area contributed by atoms with Crippen molar-refractivity contribution in [1.29, 1.82) is 0 Å². The minimum Gasteiger partial charge on any atom is -0.503 e. The number of carbonyl (C=O) groups is 1.